The molecule has 1 atom stereocenters. The molecule has 2 heterocycles. The molecule has 0 aliphatic heterocycles. The van der Waals surface area contributed by atoms with Gasteiger partial charge >= 0.3 is 0 Å². The molecule has 0 aliphatic rings. The number of aryl methyl sites for hydroxylation is 3. The standard InChI is InChI=1S/C25H28N4O3S/c1-5-32-14-8-13-28-23(31)20-9-6-7-10-21(20)29-24(28)26-27-25(29)33-18(4)22(30)19-12-11-16(2)17(3)15-19/h6-7,9-12,15,18H,5,8,13-14H2,1-4H3. The van der Waals surface area contributed by atoms with Crippen LogP contribution in [0.4, 0.5) is 0 Å². The number of rotatable bonds is 9. The minimum Gasteiger partial charge on any atom is -0.382 e. The Hall–Kier alpha value is -2.97. The van der Waals surface area contributed by atoms with E-state index in [9.17, 15) is 9.59 Å². The minimum atomic E-state index is -0.364. The van der Waals surface area contributed by atoms with E-state index in [4.69, 9.17) is 4.74 Å². The molecule has 4 aromatic rings. The molecule has 8 heteroatoms. The highest BCUT2D eigenvalue weighted by Gasteiger charge is 2.22. The maximum absolute atomic E-state index is 13.2. The van der Waals surface area contributed by atoms with Crippen molar-refractivity contribution >= 4 is 34.2 Å². The van der Waals surface area contributed by atoms with Gasteiger partial charge in [0.25, 0.3) is 5.56 Å². The summed E-state index contributed by atoms with van der Waals surface area (Å²) < 4.78 is 8.97. The van der Waals surface area contributed by atoms with Crippen LogP contribution in [-0.4, -0.2) is 43.4 Å². The lowest BCUT2D eigenvalue weighted by Gasteiger charge is -2.13. The Labute approximate surface area is 196 Å². The number of hydrogen-bond acceptors (Lipinski definition) is 6. The monoisotopic (exact) mass is 464 g/mol. The van der Waals surface area contributed by atoms with Crippen molar-refractivity contribution in [1.29, 1.82) is 0 Å². The van der Waals surface area contributed by atoms with E-state index in [1.54, 1.807) is 4.57 Å². The number of thioether (sulfide) groups is 1. The summed E-state index contributed by atoms with van der Waals surface area (Å²) in [5.74, 6) is 0.512. The van der Waals surface area contributed by atoms with E-state index in [2.05, 4.69) is 10.2 Å². The van der Waals surface area contributed by atoms with E-state index in [-0.39, 0.29) is 16.6 Å². The van der Waals surface area contributed by atoms with Gasteiger partial charge in [-0.2, -0.15) is 0 Å². The molecule has 0 radical (unpaired) electrons. The summed E-state index contributed by atoms with van der Waals surface area (Å²) in [6, 6.07) is 13.2. The second-order valence-corrected chi connectivity index (χ2v) is 9.37. The van der Waals surface area contributed by atoms with Crippen molar-refractivity contribution in [3.63, 3.8) is 0 Å². The van der Waals surface area contributed by atoms with Crippen molar-refractivity contribution in [2.24, 2.45) is 0 Å². The number of carbonyl (C=O) groups is 1. The zero-order valence-corrected chi connectivity index (χ0v) is 20.2. The van der Waals surface area contributed by atoms with Crippen molar-refractivity contribution in [2.45, 2.75) is 51.1 Å². The number of para-hydroxylation sites is 1. The first-order valence-corrected chi connectivity index (χ1v) is 12.0. The van der Waals surface area contributed by atoms with Crippen LogP contribution in [0.2, 0.25) is 0 Å². The Kier molecular flexibility index (Phi) is 6.95. The van der Waals surface area contributed by atoms with E-state index in [0.29, 0.717) is 48.1 Å². The van der Waals surface area contributed by atoms with Crippen molar-refractivity contribution in [1.82, 2.24) is 19.2 Å². The second kappa shape index (κ2) is 9.89. The molecule has 0 aliphatic carbocycles. The molecule has 172 valence electrons. The maximum atomic E-state index is 13.2. The van der Waals surface area contributed by atoms with Crippen LogP contribution < -0.4 is 5.56 Å². The van der Waals surface area contributed by atoms with Crippen LogP contribution in [0, 0.1) is 13.8 Å². The van der Waals surface area contributed by atoms with Gasteiger partial charge in [-0.15, -0.1) is 10.2 Å². The molecule has 33 heavy (non-hydrogen) atoms. The molecule has 0 amide bonds. The van der Waals surface area contributed by atoms with Crippen molar-refractivity contribution in [3.8, 4) is 0 Å². The molecular weight excluding hydrogens is 436 g/mol. The lowest BCUT2D eigenvalue weighted by molar-refractivity contribution is 0.0993. The largest absolute Gasteiger partial charge is 0.382 e. The Morgan fingerprint density at radius 1 is 1.12 bits per heavy atom. The van der Waals surface area contributed by atoms with Gasteiger partial charge in [-0.25, -0.2) is 0 Å². The van der Waals surface area contributed by atoms with Crippen LogP contribution in [0.15, 0.2) is 52.4 Å². The number of nitrogens with zero attached hydrogens (tertiary/aromatic N) is 4. The normalized spacial score (nSPS) is 12.5. The van der Waals surface area contributed by atoms with E-state index in [1.165, 1.54) is 11.8 Å². The van der Waals surface area contributed by atoms with Gasteiger partial charge in [0.05, 0.1) is 16.2 Å². The highest BCUT2D eigenvalue weighted by atomic mass is 32.2. The van der Waals surface area contributed by atoms with E-state index in [0.717, 1.165) is 16.6 Å². The Morgan fingerprint density at radius 3 is 2.67 bits per heavy atom. The average Bonchev–Trinajstić information content (AvgIpc) is 3.23. The number of benzene rings is 2. The van der Waals surface area contributed by atoms with Gasteiger partial charge in [0.1, 0.15) is 0 Å². The van der Waals surface area contributed by atoms with Gasteiger partial charge in [-0.1, -0.05) is 36.0 Å². The van der Waals surface area contributed by atoms with Crippen LogP contribution >= 0.6 is 11.8 Å². The summed E-state index contributed by atoms with van der Waals surface area (Å²) in [7, 11) is 0. The molecule has 2 aromatic heterocycles. The van der Waals surface area contributed by atoms with Gasteiger partial charge < -0.3 is 4.74 Å². The fourth-order valence-corrected chi connectivity index (χ4v) is 4.75. The molecule has 2 aromatic carbocycles. The number of fused-ring (bicyclic) bond motifs is 3. The molecule has 1 unspecified atom stereocenters. The highest BCUT2D eigenvalue weighted by molar-refractivity contribution is 8.00. The molecule has 0 saturated heterocycles. The van der Waals surface area contributed by atoms with Gasteiger partial charge in [0, 0.05) is 25.3 Å². The van der Waals surface area contributed by atoms with Crippen LogP contribution in [0.25, 0.3) is 16.7 Å². The third kappa shape index (κ3) is 4.58. The smallest absolute Gasteiger partial charge is 0.262 e. The number of Topliss-reactive ketones (excluding diaryl/α,β-unsaturated/α-hetero) is 1. The summed E-state index contributed by atoms with van der Waals surface area (Å²) in [5, 5.41) is 9.53. The number of aromatic nitrogens is 4. The number of ketones is 1. The van der Waals surface area contributed by atoms with Gasteiger partial charge in [-0.3, -0.25) is 18.6 Å². The van der Waals surface area contributed by atoms with E-state index in [1.807, 2.05) is 74.6 Å². The first kappa shape index (κ1) is 23.2. The van der Waals surface area contributed by atoms with Crippen LogP contribution in [0.1, 0.15) is 41.8 Å². The third-order valence-electron chi connectivity index (χ3n) is 5.80. The predicted molar refractivity (Wildman–Crippen MR) is 131 cm³/mol. The lowest BCUT2D eigenvalue weighted by atomic mass is 10.0. The Morgan fingerprint density at radius 2 is 1.91 bits per heavy atom. The molecule has 0 fully saturated rings. The van der Waals surface area contributed by atoms with Crippen molar-refractivity contribution in [3.05, 3.63) is 69.5 Å². The fraction of sp³-hybridized carbons (Fsp3) is 0.360. The summed E-state index contributed by atoms with van der Waals surface area (Å²) >= 11 is 1.35. The first-order chi connectivity index (χ1) is 15.9. The third-order valence-corrected chi connectivity index (χ3v) is 6.84. The minimum absolute atomic E-state index is 0.0363. The zero-order valence-electron chi connectivity index (χ0n) is 19.4. The number of ether oxygens (including phenoxy) is 1. The predicted octanol–water partition coefficient (Wildman–Crippen LogP) is 4.45. The van der Waals surface area contributed by atoms with Crippen LogP contribution in [0.5, 0.6) is 0 Å². The molecule has 0 spiro atoms. The average molecular weight is 465 g/mol. The summed E-state index contributed by atoms with van der Waals surface area (Å²) in [6.45, 7) is 9.55. The zero-order chi connectivity index (χ0) is 23.5. The maximum Gasteiger partial charge on any atom is 0.262 e. The molecule has 0 N–H and O–H groups in total. The first-order valence-electron chi connectivity index (χ1n) is 11.1. The summed E-state index contributed by atoms with van der Waals surface area (Å²) in [6.07, 6.45) is 0.693. The fourth-order valence-electron chi connectivity index (χ4n) is 3.82. The number of carbonyl (C=O) groups excluding carboxylic acids is 1. The number of hydrogen-bond donors (Lipinski definition) is 0. The summed E-state index contributed by atoms with van der Waals surface area (Å²) in [5.41, 5.74) is 3.57. The summed E-state index contributed by atoms with van der Waals surface area (Å²) in [4.78, 5) is 26.3. The molecule has 0 bridgehead atoms. The van der Waals surface area contributed by atoms with Gasteiger partial charge in [0.15, 0.2) is 10.9 Å². The van der Waals surface area contributed by atoms with Gasteiger partial charge in [0.2, 0.25) is 5.78 Å². The van der Waals surface area contributed by atoms with Crippen LogP contribution in [-0.2, 0) is 11.3 Å². The SMILES string of the molecule is CCOCCCn1c(=O)c2ccccc2n2c(SC(C)C(=O)c3ccc(C)c(C)c3)nnc12. The molecule has 0 saturated carbocycles. The lowest BCUT2D eigenvalue weighted by Crippen LogP contribution is -2.24. The van der Waals surface area contributed by atoms with Crippen molar-refractivity contribution in [2.75, 3.05) is 13.2 Å². The second-order valence-electron chi connectivity index (χ2n) is 8.07. The Balaban J connectivity index is 1.72. The Bertz CT molecular complexity index is 1380. The van der Waals surface area contributed by atoms with Crippen molar-refractivity contribution < 1.29 is 9.53 Å². The topological polar surface area (TPSA) is 78.5 Å². The van der Waals surface area contributed by atoms with Gasteiger partial charge in [-0.05, 0) is 63.4 Å². The highest BCUT2D eigenvalue weighted by Crippen LogP contribution is 2.27. The molecule has 7 nitrogen and oxygen atoms in total. The molecule has 4 rings (SSSR count). The molecular formula is C25H28N4O3S. The van der Waals surface area contributed by atoms with E-state index < -0.39 is 0 Å². The van der Waals surface area contributed by atoms with E-state index >= 15 is 0 Å². The quantitative estimate of drug-likeness (QED) is 0.207. The van der Waals surface area contributed by atoms with Crippen LogP contribution in [0.3, 0.4) is 0 Å².